The smallest absolute Gasteiger partial charge is 0.316 e. The van der Waals surface area contributed by atoms with E-state index in [4.69, 9.17) is 9.47 Å². The van der Waals surface area contributed by atoms with Crippen LogP contribution in [-0.4, -0.2) is 30.0 Å². The van der Waals surface area contributed by atoms with Gasteiger partial charge in [0.05, 0.1) is 13.7 Å². The van der Waals surface area contributed by atoms with Crippen molar-refractivity contribution in [2.24, 2.45) is 0 Å². The molecule has 98 valence electrons. The molecule has 0 atom stereocenters. The Morgan fingerprint density at radius 2 is 2.00 bits per heavy atom. The molecule has 2 rings (SSSR count). The van der Waals surface area contributed by atoms with Crippen molar-refractivity contribution >= 4 is 6.29 Å². The van der Waals surface area contributed by atoms with Crippen LogP contribution in [0.4, 0.5) is 0 Å². The third-order valence-electron chi connectivity index (χ3n) is 2.56. The van der Waals surface area contributed by atoms with Gasteiger partial charge in [-0.15, -0.1) is 0 Å². The number of hydrogen-bond donors (Lipinski definition) is 0. The number of carbonyl (C=O) groups is 1. The van der Waals surface area contributed by atoms with Gasteiger partial charge in [0.15, 0.2) is 0 Å². The molecular formula is C14H14N2O3. The topological polar surface area (TPSA) is 61.3 Å². The predicted octanol–water partition coefficient (Wildman–Crippen LogP) is 2.36. The van der Waals surface area contributed by atoms with Gasteiger partial charge in [0.2, 0.25) is 0 Å². The van der Waals surface area contributed by atoms with Crippen LogP contribution in [0.3, 0.4) is 0 Å². The van der Waals surface area contributed by atoms with E-state index in [9.17, 15) is 4.79 Å². The van der Waals surface area contributed by atoms with Crippen LogP contribution in [0.25, 0.3) is 11.1 Å². The predicted molar refractivity (Wildman–Crippen MR) is 70.6 cm³/mol. The second kappa shape index (κ2) is 5.95. The van der Waals surface area contributed by atoms with E-state index in [1.807, 2.05) is 6.92 Å². The molecular weight excluding hydrogens is 244 g/mol. The van der Waals surface area contributed by atoms with Crippen LogP contribution in [0.15, 0.2) is 30.6 Å². The molecule has 0 N–H and O–H groups in total. The molecule has 5 nitrogen and oxygen atoms in total. The first-order valence-corrected chi connectivity index (χ1v) is 5.87. The van der Waals surface area contributed by atoms with Crippen LogP contribution in [0.5, 0.6) is 11.8 Å². The van der Waals surface area contributed by atoms with E-state index in [1.54, 1.807) is 30.6 Å². The van der Waals surface area contributed by atoms with Crippen LogP contribution < -0.4 is 9.47 Å². The molecule has 0 saturated heterocycles. The molecule has 0 saturated carbocycles. The van der Waals surface area contributed by atoms with Gasteiger partial charge in [-0.1, -0.05) is 0 Å². The first-order valence-electron chi connectivity index (χ1n) is 5.87. The third kappa shape index (κ3) is 2.88. The summed E-state index contributed by atoms with van der Waals surface area (Å²) in [6, 6.07) is 5.54. The van der Waals surface area contributed by atoms with Crippen molar-refractivity contribution in [2.45, 2.75) is 6.92 Å². The van der Waals surface area contributed by atoms with E-state index in [-0.39, 0.29) is 0 Å². The molecule has 19 heavy (non-hydrogen) atoms. The number of nitrogens with zero attached hydrogens (tertiary/aromatic N) is 2. The van der Waals surface area contributed by atoms with Crippen molar-refractivity contribution in [3.8, 4) is 22.9 Å². The maximum absolute atomic E-state index is 10.9. The fraction of sp³-hybridized carbons (Fsp3) is 0.214. The highest BCUT2D eigenvalue weighted by Crippen LogP contribution is 2.30. The van der Waals surface area contributed by atoms with Crippen molar-refractivity contribution in [3.63, 3.8) is 0 Å². The van der Waals surface area contributed by atoms with Crippen LogP contribution in [0, 0.1) is 0 Å². The molecule has 0 aliphatic rings. The lowest BCUT2D eigenvalue weighted by atomic mass is 10.1. The number of benzene rings is 1. The number of rotatable bonds is 5. The highest BCUT2D eigenvalue weighted by molar-refractivity contribution is 5.81. The second-order valence-electron chi connectivity index (χ2n) is 3.76. The molecule has 0 unspecified atom stereocenters. The summed E-state index contributed by atoms with van der Waals surface area (Å²) in [4.78, 5) is 19.0. The summed E-state index contributed by atoms with van der Waals surface area (Å²) < 4.78 is 10.5. The Bertz CT molecular complexity index is 567. The molecule has 0 amide bonds. The van der Waals surface area contributed by atoms with E-state index in [2.05, 4.69) is 9.97 Å². The van der Waals surface area contributed by atoms with Gasteiger partial charge in [0, 0.05) is 29.1 Å². The van der Waals surface area contributed by atoms with E-state index in [0.717, 1.165) is 17.4 Å². The van der Waals surface area contributed by atoms with E-state index in [0.29, 0.717) is 23.9 Å². The van der Waals surface area contributed by atoms with Gasteiger partial charge in [0.25, 0.3) is 0 Å². The first-order chi connectivity index (χ1) is 9.28. The van der Waals surface area contributed by atoms with Gasteiger partial charge >= 0.3 is 6.01 Å². The zero-order valence-electron chi connectivity index (χ0n) is 10.8. The van der Waals surface area contributed by atoms with Gasteiger partial charge in [-0.2, -0.15) is 0 Å². The molecule has 0 aliphatic carbocycles. The summed E-state index contributed by atoms with van der Waals surface area (Å²) in [7, 11) is 1.51. The molecule has 0 aliphatic heterocycles. The van der Waals surface area contributed by atoms with Crippen LogP contribution in [0.2, 0.25) is 0 Å². The average molecular weight is 258 g/mol. The van der Waals surface area contributed by atoms with Crippen molar-refractivity contribution in [1.82, 2.24) is 9.97 Å². The quantitative estimate of drug-likeness (QED) is 0.770. The van der Waals surface area contributed by atoms with Crippen molar-refractivity contribution in [3.05, 3.63) is 36.2 Å². The molecule has 2 aromatic rings. The third-order valence-corrected chi connectivity index (χ3v) is 2.56. The van der Waals surface area contributed by atoms with E-state index >= 15 is 0 Å². The molecule has 1 aromatic carbocycles. The lowest BCUT2D eigenvalue weighted by molar-refractivity contribution is 0.112. The Balaban J connectivity index is 2.47. The highest BCUT2D eigenvalue weighted by Gasteiger charge is 2.09. The van der Waals surface area contributed by atoms with Crippen molar-refractivity contribution in [2.75, 3.05) is 13.7 Å². The summed E-state index contributed by atoms with van der Waals surface area (Å²) in [6.45, 7) is 2.45. The average Bonchev–Trinajstić information content (AvgIpc) is 2.48. The van der Waals surface area contributed by atoms with Gasteiger partial charge in [-0.25, -0.2) is 9.97 Å². The van der Waals surface area contributed by atoms with Crippen molar-refractivity contribution < 1.29 is 14.3 Å². The number of hydrogen-bond acceptors (Lipinski definition) is 5. The summed E-state index contributed by atoms with van der Waals surface area (Å²) >= 11 is 0. The van der Waals surface area contributed by atoms with Gasteiger partial charge in [0.1, 0.15) is 12.0 Å². The number of aromatic nitrogens is 2. The maximum Gasteiger partial charge on any atom is 0.316 e. The zero-order chi connectivity index (χ0) is 13.7. The molecule has 0 spiro atoms. The molecule has 1 heterocycles. The van der Waals surface area contributed by atoms with Crippen LogP contribution in [0.1, 0.15) is 17.3 Å². The number of ether oxygens (including phenoxy) is 2. The molecule has 0 fully saturated rings. The van der Waals surface area contributed by atoms with Crippen LogP contribution >= 0.6 is 0 Å². The summed E-state index contributed by atoms with van der Waals surface area (Å²) in [5, 5.41) is 0. The normalized spacial score (nSPS) is 10.0. The molecule has 0 radical (unpaired) electrons. The second-order valence-corrected chi connectivity index (χ2v) is 3.76. The largest absolute Gasteiger partial charge is 0.493 e. The number of methoxy groups -OCH3 is 1. The van der Waals surface area contributed by atoms with Gasteiger partial charge in [-0.05, 0) is 25.1 Å². The van der Waals surface area contributed by atoms with E-state index in [1.165, 1.54) is 7.11 Å². The Morgan fingerprint density at radius 3 is 2.58 bits per heavy atom. The Labute approximate surface area is 111 Å². The van der Waals surface area contributed by atoms with Gasteiger partial charge < -0.3 is 9.47 Å². The standard InChI is InChI=1S/C14H14N2O3/c1-3-19-13-5-4-10(9-17)6-12(13)11-7-15-14(18-2)16-8-11/h4-9H,3H2,1-2H3. The van der Waals surface area contributed by atoms with E-state index < -0.39 is 0 Å². The Hall–Kier alpha value is -2.43. The Morgan fingerprint density at radius 1 is 1.26 bits per heavy atom. The Kier molecular flexibility index (Phi) is 4.07. The fourth-order valence-corrected chi connectivity index (χ4v) is 1.69. The first kappa shape index (κ1) is 13.0. The maximum atomic E-state index is 10.9. The minimum absolute atomic E-state index is 0.299. The monoisotopic (exact) mass is 258 g/mol. The minimum Gasteiger partial charge on any atom is -0.493 e. The SMILES string of the molecule is CCOc1ccc(C=O)cc1-c1cnc(OC)nc1. The number of aldehydes is 1. The van der Waals surface area contributed by atoms with Gasteiger partial charge in [-0.3, -0.25) is 4.79 Å². The summed E-state index contributed by atoms with van der Waals surface area (Å²) in [5.41, 5.74) is 2.14. The van der Waals surface area contributed by atoms with Crippen LogP contribution in [-0.2, 0) is 0 Å². The lowest BCUT2D eigenvalue weighted by Gasteiger charge is -2.10. The highest BCUT2D eigenvalue weighted by atomic mass is 16.5. The molecule has 0 bridgehead atoms. The molecule has 1 aromatic heterocycles. The lowest BCUT2D eigenvalue weighted by Crippen LogP contribution is -1.97. The zero-order valence-corrected chi connectivity index (χ0v) is 10.8. The summed E-state index contributed by atoms with van der Waals surface area (Å²) in [5.74, 6) is 0.696. The summed E-state index contributed by atoms with van der Waals surface area (Å²) in [6.07, 6.45) is 4.07. The van der Waals surface area contributed by atoms with Crippen molar-refractivity contribution in [1.29, 1.82) is 0 Å². The molecule has 5 heteroatoms. The fourth-order valence-electron chi connectivity index (χ4n) is 1.69. The minimum atomic E-state index is 0.299. The number of carbonyl (C=O) groups excluding carboxylic acids is 1.